The first kappa shape index (κ1) is 13.6. The molecule has 0 saturated carbocycles. The van der Waals surface area contributed by atoms with E-state index in [2.05, 4.69) is 19.9 Å². The highest BCUT2D eigenvalue weighted by Gasteiger charge is 2.25. The number of rotatable bonds is 5. The highest BCUT2D eigenvalue weighted by Crippen LogP contribution is 2.23. The number of anilines is 1. The summed E-state index contributed by atoms with van der Waals surface area (Å²) in [7, 11) is 0. The molecule has 0 unspecified atom stereocenters. The molecule has 110 valence electrons. The molecule has 1 fully saturated rings. The van der Waals surface area contributed by atoms with Gasteiger partial charge in [-0.1, -0.05) is 0 Å². The van der Waals surface area contributed by atoms with E-state index >= 15 is 0 Å². The van der Waals surface area contributed by atoms with Gasteiger partial charge >= 0.3 is 0 Å². The van der Waals surface area contributed by atoms with Crippen LogP contribution < -0.4 is 14.4 Å². The minimum absolute atomic E-state index is 0.153. The summed E-state index contributed by atoms with van der Waals surface area (Å²) in [6.07, 6.45) is 6.13. The Morgan fingerprint density at radius 3 is 3.14 bits per heavy atom. The third kappa shape index (κ3) is 3.39. The molecule has 3 rings (SSSR count). The van der Waals surface area contributed by atoms with Crippen LogP contribution in [0.5, 0.6) is 11.6 Å². The fourth-order valence-corrected chi connectivity index (χ4v) is 2.37. The van der Waals surface area contributed by atoms with Crippen LogP contribution in [0.1, 0.15) is 13.3 Å². The monoisotopic (exact) mass is 286 g/mol. The summed E-state index contributed by atoms with van der Waals surface area (Å²) >= 11 is 0. The maximum absolute atomic E-state index is 5.93. The van der Waals surface area contributed by atoms with Crippen molar-refractivity contribution in [1.82, 2.24) is 15.0 Å². The SMILES string of the molecule is CCOc1cc(N2CC[C@@H](Oc3cccnc3)C2)ncn1. The van der Waals surface area contributed by atoms with E-state index in [4.69, 9.17) is 9.47 Å². The fourth-order valence-electron chi connectivity index (χ4n) is 2.37. The van der Waals surface area contributed by atoms with Crippen molar-refractivity contribution in [1.29, 1.82) is 0 Å². The van der Waals surface area contributed by atoms with Gasteiger partial charge in [0.25, 0.3) is 0 Å². The zero-order valence-corrected chi connectivity index (χ0v) is 12.0. The summed E-state index contributed by atoms with van der Waals surface area (Å²) in [5.74, 6) is 2.30. The Hall–Kier alpha value is -2.37. The Balaban J connectivity index is 1.63. The van der Waals surface area contributed by atoms with Crippen LogP contribution in [0, 0.1) is 0 Å². The zero-order chi connectivity index (χ0) is 14.5. The Morgan fingerprint density at radius 1 is 1.38 bits per heavy atom. The van der Waals surface area contributed by atoms with Gasteiger partial charge in [-0.3, -0.25) is 4.98 Å². The van der Waals surface area contributed by atoms with Crippen molar-refractivity contribution >= 4 is 5.82 Å². The first-order valence-corrected chi connectivity index (χ1v) is 7.11. The number of nitrogens with zero attached hydrogens (tertiary/aromatic N) is 4. The van der Waals surface area contributed by atoms with Gasteiger partial charge in [-0.2, -0.15) is 0 Å². The van der Waals surface area contributed by atoms with Crippen LogP contribution in [0.25, 0.3) is 0 Å². The number of ether oxygens (including phenoxy) is 2. The molecule has 0 amide bonds. The number of aromatic nitrogens is 3. The Labute approximate surface area is 123 Å². The molecule has 0 aliphatic carbocycles. The second-order valence-electron chi connectivity index (χ2n) is 4.81. The van der Waals surface area contributed by atoms with Crippen LogP contribution in [-0.4, -0.2) is 40.8 Å². The zero-order valence-electron chi connectivity index (χ0n) is 12.0. The largest absolute Gasteiger partial charge is 0.487 e. The summed E-state index contributed by atoms with van der Waals surface area (Å²) in [6.45, 7) is 4.25. The van der Waals surface area contributed by atoms with Crippen molar-refractivity contribution in [3.05, 3.63) is 36.9 Å². The molecule has 0 aromatic carbocycles. The van der Waals surface area contributed by atoms with Gasteiger partial charge in [0.15, 0.2) is 0 Å². The molecule has 1 saturated heterocycles. The molecule has 1 aliphatic rings. The quantitative estimate of drug-likeness (QED) is 0.837. The first-order chi connectivity index (χ1) is 10.3. The second kappa shape index (κ2) is 6.39. The molecule has 3 heterocycles. The van der Waals surface area contributed by atoms with Crippen LogP contribution in [-0.2, 0) is 0 Å². The second-order valence-corrected chi connectivity index (χ2v) is 4.81. The lowest BCUT2D eigenvalue weighted by Gasteiger charge is -2.18. The lowest BCUT2D eigenvalue weighted by molar-refractivity contribution is 0.224. The Morgan fingerprint density at radius 2 is 2.33 bits per heavy atom. The lowest BCUT2D eigenvalue weighted by Crippen LogP contribution is -2.25. The summed E-state index contributed by atoms with van der Waals surface area (Å²) in [4.78, 5) is 14.6. The molecule has 0 bridgehead atoms. The molecular formula is C15H18N4O2. The summed E-state index contributed by atoms with van der Waals surface area (Å²) in [5, 5.41) is 0. The first-order valence-electron chi connectivity index (χ1n) is 7.11. The fraction of sp³-hybridized carbons (Fsp3) is 0.400. The van der Waals surface area contributed by atoms with Crippen LogP contribution >= 0.6 is 0 Å². The van der Waals surface area contributed by atoms with Gasteiger partial charge in [0.2, 0.25) is 5.88 Å². The van der Waals surface area contributed by atoms with Gasteiger partial charge in [-0.25, -0.2) is 9.97 Å². The number of hydrogen-bond acceptors (Lipinski definition) is 6. The van der Waals surface area contributed by atoms with Crippen molar-refractivity contribution in [3.8, 4) is 11.6 Å². The summed E-state index contributed by atoms with van der Waals surface area (Å²) in [5.41, 5.74) is 0. The third-order valence-corrected chi connectivity index (χ3v) is 3.33. The smallest absolute Gasteiger partial charge is 0.218 e. The van der Waals surface area contributed by atoms with Gasteiger partial charge in [0, 0.05) is 25.2 Å². The molecule has 6 heteroatoms. The molecule has 6 nitrogen and oxygen atoms in total. The third-order valence-electron chi connectivity index (χ3n) is 3.33. The van der Waals surface area contributed by atoms with Crippen LogP contribution in [0.4, 0.5) is 5.82 Å². The van der Waals surface area contributed by atoms with E-state index in [1.165, 1.54) is 6.33 Å². The molecule has 21 heavy (non-hydrogen) atoms. The van der Waals surface area contributed by atoms with E-state index < -0.39 is 0 Å². The molecule has 0 spiro atoms. The van der Waals surface area contributed by atoms with Gasteiger partial charge in [-0.05, 0) is 19.1 Å². The average molecular weight is 286 g/mol. The lowest BCUT2D eigenvalue weighted by atomic mass is 10.3. The van der Waals surface area contributed by atoms with Gasteiger partial charge in [-0.15, -0.1) is 0 Å². The predicted molar refractivity (Wildman–Crippen MR) is 78.7 cm³/mol. The highest BCUT2D eigenvalue weighted by molar-refractivity contribution is 5.42. The Bertz CT molecular complexity index is 579. The van der Waals surface area contributed by atoms with E-state index in [-0.39, 0.29) is 6.10 Å². The summed E-state index contributed by atoms with van der Waals surface area (Å²) < 4.78 is 11.3. The van der Waals surface area contributed by atoms with E-state index in [0.29, 0.717) is 12.5 Å². The number of hydrogen-bond donors (Lipinski definition) is 0. The normalized spacial score (nSPS) is 17.8. The van der Waals surface area contributed by atoms with Crippen LogP contribution in [0.15, 0.2) is 36.9 Å². The van der Waals surface area contributed by atoms with E-state index in [1.807, 2.05) is 25.1 Å². The van der Waals surface area contributed by atoms with Gasteiger partial charge in [0.05, 0.1) is 19.3 Å². The predicted octanol–water partition coefficient (Wildman–Crippen LogP) is 1.93. The minimum Gasteiger partial charge on any atom is -0.487 e. The molecule has 2 aromatic heterocycles. The maximum atomic E-state index is 5.93. The van der Waals surface area contributed by atoms with Crippen molar-refractivity contribution in [2.24, 2.45) is 0 Å². The topological polar surface area (TPSA) is 60.4 Å². The summed E-state index contributed by atoms with van der Waals surface area (Å²) in [6, 6.07) is 5.67. The van der Waals surface area contributed by atoms with Crippen molar-refractivity contribution in [2.45, 2.75) is 19.4 Å². The van der Waals surface area contributed by atoms with Crippen LogP contribution in [0.3, 0.4) is 0 Å². The molecule has 0 radical (unpaired) electrons. The highest BCUT2D eigenvalue weighted by atomic mass is 16.5. The van der Waals surface area contributed by atoms with Crippen molar-refractivity contribution in [2.75, 3.05) is 24.6 Å². The van der Waals surface area contributed by atoms with E-state index in [0.717, 1.165) is 31.1 Å². The van der Waals surface area contributed by atoms with Gasteiger partial charge in [0.1, 0.15) is 24.0 Å². The van der Waals surface area contributed by atoms with E-state index in [9.17, 15) is 0 Å². The molecular weight excluding hydrogens is 268 g/mol. The molecule has 1 aliphatic heterocycles. The standard InChI is InChI=1S/C15H18N4O2/c1-2-20-15-8-14(17-11-18-15)19-7-5-13(10-19)21-12-4-3-6-16-9-12/h3-4,6,8-9,11,13H,2,5,7,10H2,1H3/t13-/m1/s1. The minimum atomic E-state index is 0.153. The molecule has 1 atom stereocenters. The maximum Gasteiger partial charge on any atom is 0.218 e. The Kier molecular flexibility index (Phi) is 4.14. The van der Waals surface area contributed by atoms with Crippen molar-refractivity contribution < 1.29 is 9.47 Å². The van der Waals surface area contributed by atoms with Crippen molar-refractivity contribution in [3.63, 3.8) is 0 Å². The van der Waals surface area contributed by atoms with Crippen LogP contribution in [0.2, 0.25) is 0 Å². The van der Waals surface area contributed by atoms with Gasteiger partial charge < -0.3 is 14.4 Å². The van der Waals surface area contributed by atoms with E-state index in [1.54, 1.807) is 12.4 Å². The molecule has 2 aromatic rings. The molecule has 0 N–H and O–H groups in total. The number of pyridine rings is 1. The average Bonchev–Trinajstić information content (AvgIpc) is 2.97.